The zero-order valence-electron chi connectivity index (χ0n) is 10.2. The maximum absolute atomic E-state index is 11.2. The minimum atomic E-state index is -0.669. The molecule has 0 radical (unpaired) electrons. The van der Waals surface area contributed by atoms with E-state index in [-0.39, 0.29) is 18.3 Å². The molecule has 0 aromatic carbocycles. The average Bonchev–Trinajstić information content (AvgIpc) is 3.05. The highest BCUT2D eigenvalue weighted by atomic mass is 16.5. The molecule has 0 amide bonds. The summed E-state index contributed by atoms with van der Waals surface area (Å²) >= 11 is 0. The lowest BCUT2D eigenvalue weighted by molar-refractivity contribution is -0.142. The summed E-state index contributed by atoms with van der Waals surface area (Å²) in [7, 11) is 1.36. The molecule has 1 aliphatic carbocycles. The highest BCUT2D eigenvalue weighted by Crippen LogP contribution is 2.38. The number of imidazole rings is 1. The van der Waals surface area contributed by atoms with Gasteiger partial charge in [-0.3, -0.25) is 4.79 Å². The van der Waals surface area contributed by atoms with Crippen molar-refractivity contribution in [3.05, 3.63) is 18.2 Å². The Balaban J connectivity index is 2.04. The van der Waals surface area contributed by atoms with E-state index in [1.807, 2.05) is 11.5 Å². The van der Waals surface area contributed by atoms with Gasteiger partial charge in [-0.05, 0) is 18.8 Å². The molecule has 5 nitrogen and oxygen atoms in total. The maximum atomic E-state index is 11.2. The monoisotopic (exact) mass is 238 g/mol. The molecule has 2 unspecified atom stereocenters. The molecule has 1 heterocycles. The summed E-state index contributed by atoms with van der Waals surface area (Å²) in [6, 6.07) is 0.479. The summed E-state index contributed by atoms with van der Waals surface area (Å²) in [5.41, 5.74) is 0.795. The van der Waals surface area contributed by atoms with Crippen LogP contribution in [0.5, 0.6) is 0 Å². The smallest absolute Gasteiger partial charge is 0.305 e. The Kier molecular flexibility index (Phi) is 3.47. The van der Waals surface area contributed by atoms with E-state index >= 15 is 0 Å². The fourth-order valence-corrected chi connectivity index (χ4v) is 1.95. The molecule has 1 fully saturated rings. The molecule has 17 heavy (non-hydrogen) atoms. The minimum absolute atomic E-state index is 0.170. The first kappa shape index (κ1) is 12.1. The van der Waals surface area contributed by atoms with Gasteiger partial charge < -0.3 is 14.4 Å². The van der Waals surface area contributed by atoms with E-state index in [2.05, 4.69) is 9.72 Å². The highest BCUT2D eigenvalue weighted by molar-refractivity contribution is 5.69. The van der Waals surface area contributed by atoms with Crippen LogP contribution in [0, 0.1) is 5.92 Å². The molecule has 0 saturated heterocycles. The lowest BCUT2D eigenvalue weighted by atomic mass is 9.98. The van der Waals surface area contributed by atoms with Crippen molar-refractivity contribution in [2.24, 2.45) is 5.92 Å². The van der Waals surface area contributed by atoms with E-state index in [0.29, 0.717) is 6.04 Å². The number of methoxy groups -OCH3 is 1. The molecule has 5 heteroatoms. The summed E-state index contributed by atoms with van der Waals surface area (Å²) in [6.07, 6.45) is 5.26. The standard InChI is InChI=1S/C12H18N2O3/c1-8(5-11(15)17-2)12(16)10-6-13-7-14(10)9-3-4-9/h6-9,12,16H,3-5H2,1-2H3. The Morgan fingerprint density at radius 1 is 1.71 bits per heavy atom. The normalized spacial score (nSPS) is 18.8. The quantitative estimate of drug-likeness (QED) is 0.788. The number of hydrogen-bond donors (Lipinski definition) is 1. The lowest BCUT2D eigenvalue weighted by Crippen LogP contribution is -2.17. The molecule has 1 aromatic rings. The summed E-state index contributed by atoms with van der Waals surface area (Å²) in [5, 5.41) is 10.2. The van der Waals surface area contributed by atoms with Crippen LogP contribution in [0.25, 0.3) is 0 Å². The van der Waals surface area contributed by atoms with Crippen LogP contribution in [-0.4, -0.2) is 27.7 Å². The molecule has 94 valence electrons. The first-order valence-corrected chi connectivity index (χ1v) is 5.90. The predicted octanol–water partition coefficient (Wildman–Crippen LogP) is 1.45. The Labute approximate surface area is 100 Å². The van der Waals surface area contributed by atoms with Crippen LogP contribution in [0.4, 0.5) is 0 Å². The SMILES string of the molecule is COC(=O)CC(C)C(O)c1cncn1C1CC1. The summed E-state index contributed by atoms with van der Waals surface area (Å²) in [5.74, 6) is -0.467. The fraction of sp³-hybridized carbons (Fsp3) is 0.667. The number of ether oxygens (including phenoxy) is 1. The molecule has 0 spiro atoms. The third-order valence-corrected chi connectivity index (χ3v) is 3.19. The van der Waals surface area contributed by atoms with Crippen LogP contribution in [0.2, 0.25) is 0 Å². The Morgan fingerprint density at radius 2 is 2.41 bits per heavy atom. The minimum Gasteiger partial charge on any atom is -0.469 e. The van der Waals surface area contributed by atoms with Crippen molar-refractivity contribution < 1.29 is 14.6 Å². The highest BCUT2D eigenvalue weighted by Gasteiger charge is 2.29. The van der Waals surface area contributed by atoms with E-state index in [0.717, 1.165) is 18.5 Å². The fourth-order valence-electron chi connectivity index (χ4n) is 1.95. The largest absolute Gasteiger partial charge is 0.469 e. The Hall–Kier alpha value is -1.36. The number of carbonyl (C=O) groups excluding carboxylic acids is 1. The first-order valence-electron chi connectivity index (χ1n) is 5.90. The van der Waals surface area contributed by atoms with Gasteiger partial charge in [-0.1, -0.05) is 6.92 Å². The molecule has 1 aromatic heterocycles. The van der Waals surface area contributed by atoms with Gasteiger partial charge in [-0.15, -0.1) is 0 Å². The molecule has 1 aliphatic rings. The van der Waals surface area contributed by atoms with Crippen molar-refractivity contribution in [2.45, 2.75) is 38.3 Å². The number of aliphatic hydroxyl groups excluding tert-OH is 1. The summed E-state index contributed by atoms with van der Waals surface area (Å²) in [6.45, 7) is 1.84. The van der Waals surface area contributed by atoms with Gasteiger partial charge in [0.2, 0.25) is 0 Å². The maximum Gasteiger partial charge on any atom is 0.305 e. The van der Waals surface area contributed by atoms with Crippen LogP contribution in [0.3, 0.4) is 0 Å². The number of aliphatic hydroxyl groups is 1. The number of carbonyl (C=O) groups is 1. The molecule has 2 atom stereocenters. The van der Waals surface area contributed by atoms with Gasteiger partial charge in [0.05, 0.1) is 37.9 Å². The molecular formula is C12H18N2O3. The topological polar surface area (TPSA) is 64.3 Å². The molecule has 0 bridgehead atoms. The van der Waals surface area contributed by atoms with Crippen LogP contribution in [-0.2, 0) is 9.53 Å². The van der Waals surface area contributed by atoms with Gasteiger partial charge in [-0.25, -0.2) is 4.98 Å². The van der Waals surface area contributed by atoms with Crippen LogP contribution < -0.4 is 0 Å². The molecular weight excluding hydrogens is 220 g/mol. The molecule has 2 rings (SSSR count). The van der Waals surface area contributed by atoms with Gasteiger partial charge in [0.1, 0.15) is 0 Å². The van der Waals surface area contributed by atoms with Crippen molar-refractivity contribution in [2.75, 3.05) is 7.11 Å². The number of aromatic nitrogens is 2. The van der Waals surface area contributed by atoms with Crippen LogP contribution in [0.1, 0.15) is 44.0 Å². The number of hydrogen-bond acceptors (Lipinski definition) is 4. The first-order chi connectivity index (χ1) is 8.13. The van der Waals surface area contributed by atoms with Crippen molar-refractivity contribution in [3.63, 3.8) is 0 Å². The van der Waals surface area contributed by atoms with Crippen LogP contribution in [0.15, 0.2) is 12.5 Å². The van der Waals surface area contributed by atoms with Crippen molar-refractivity contribution in [3.8, 4) is 0 Å². The van der Waals surface area contributed by atoms with Gasteiger partial charge in [0.25, 0.3) is 0 Å². The molecule has 1 N–H and O–H groups in total. The van der Waals surface area contributed by atoms with E-state index in [1.54, 1.807) is 12.5 Å². The summed E-state index contributed by atoms with van der Waals surface area (Å²) < 4.78 is 6.62. The zero-order valence-corrected chi connectivity index (χ0v) is 10.2. The second kappa shape index (κ2) is 4.87. The predicted molar refractivity (Wildman–Crippen MR) is 61.3 cm³/mol. The average molecular weight is 238 g/mol. The van der Waals surface area contributed by atoms with Gasteiger partial charge in [0.15, 0.2) is 0 Å². The Morgan fingerprint density at radius 3 is 3.00 bits per heavy atom. The van der Waals surface area contributed by atoms with Crippen molar-refractivity contribution >= 4 is 5.97 Å². The Bertz CT molecular complexity index is 398. The third kappa shape index (κ3) is 2.66. The van der Waals surface area contributed by atoms with Gasteiger partial charge >= 0.3 is 5.97 Å². The third-order valence-electron chi connectivity index (χ3n) is 3.19. The van der Waals surface area contributed by atoms with E-state index in [4.69, 9.17) is 0 Å². The van der Waals surface area contributed by atoms with Gasteiger partial charge in [0, 0.05) is 6.04 Å². The molecule has 1 saturated carbocycles. The van der Waals surface area contributed by atoms with E-state index in [9.17, 15) is 9.90 Å². The molecule has 0 aliphatic heterocycles. The van der Waals surface area contributed by atoms with Crippen LogP contribution >= 0.6 is 0 Å². The zero-order chi connectivity index (χ0) is 12.4. The second-order valence-electron chi connectivity index (χ2n) is 4.66. The van der Waals surface area contributed by atoms with Crippen molar-refractivity contribution in [1.29, 1.82) is 0 Å². The summed E-state index contributed by atoms with van der Waals surface area (Å²) in [4.78, 5) is 15.2. The van der Waals surface area contributed by atoms with Gasteiger partial charge in [-0.2, -0.15) is 0 Å². The number of rotatable bonds is 5. The number of esters is 1. The second-order valence-corrected chi connectivity index (χ2v) is 4.66. The van der Waals surface area contributed by atoms with E-state index < -0.39 is 6.10 Å². The van der Waals surface area contributed by atoms with E-state index in [1.165, 1.54) is 7.11 Å². The number of nitrogens with zero attached hydrogens (tertiary/aromatic N) is 2. The van der Waals surface area contributed by atoms with Crippen molar-refractivity contribution in [1.82, 2.24) is 9.55 Å². The lowest BCUT2D eigenvalue weighted by Gasteiger charge is -2.19.